The third-order valence-electron chi connectivity index (χ3n) is 2.91. The molecule has 0 aliphatic heterocycles. The summed E-state index contributed by atoms with van der Waals surface area (Å²) >= 11 is 3.51. The molecule has 0 aromatic heterocycles. The molecule has 1 aromatic rings. The summed E-state index contributed by atoms with van der Waals surface area (Å²) in [4.78, 5) is 0. The first-order valence-electron chi connectivity index (χ1n) is 6.13. The van der Waals surface area contributed by atoms with Gasteiger partial charge in [0.2, 0.25) is 0 Å². The smallest absolute Gasteiger partial charge is 0.133 e. The van der Waals surface area contributed by atoms with Gasteiger partial charge in [-0.3, -0.25) is 0 Å². The Kier molecular flexibility index (Phi) is 6.00. The summed E-state index contributed by atoms with van der Waals surface area (Å²) in [6.07, 6.45) is 0. The van der Waals surface area contributed by atoms with Gasteiger partial charge in [-0.05, 0) is 53.4 Å². The Balaban J connectivity index is 2.31. The molecule has 1 N–H and O–H groups in total. The maximum atomic E-state index is 5.71. The van der Waals surface area contributed by atoms with Crippen molar-refractivity contribution in [2.75, 3.05) is 13.2 Å². The number of benzene rings is 1. The summed E-state index contributed by atoms with van der Waals surface area (Å²) in [6.45, 7) is 10.3. The average Bonchev–Trinajstić information content (AvgIpc) is 2.26. The van der Waals surface area contributed by atoms with Crippen molar-refractivity contribution in [2.24, 2.45) is 5.92 Å². The maximum absolute atomic E-state index is 5.71. The van der Waals surface area contributed by atoms with E-state index in [1.807, 2.05) is 6.07 Å². The molecule has 3 heteroatoms. The van der Waals surface area contributed by atoms with E-state index in [0.29, 0.717) is 18.6 Å². The van der Waals surface area contributed by atoms with E-state index in [-0.39, 0.29) is 0 Å². The van der Waals surface area contributed by atoms with Gasteiger partial charge in [-0.25, -0.2) is 0 Å². The van der Waals surface area contributed by atoms with Crippen LogP contribution < -0.4 is 10.1 Å². The number of ether oxygens (including phenoxy) is 1. The second-order valence-electron chi connectivity index (χ2n) is 4.77. The molecule has 1 aromatic carbocycles. The Hall–Kier alpha value is -0.540. The summed E-state index contributed by atoms with van der Waals surface area (Å²) in [7, 11) is 0. The van der Waals surface area contributed by atoms with Gasteiger partial charge < -0.3 is 10.1 Å². The van der Waals surface area contributed by atoms with Crippen LogP contribution in [0.2, 0.25) is 0 Å². The van der Waals surface area contributed by atoms with E-state index in [0.717, 1.165) is 16.8 Å². The molecule has 0 fully saturated rings. The Bertz CT molecular complexity index is 352. The monoisotopic (exact) mass is 299 g/mol. The van der Waals surface area contributed by atoms with E-state index in [1.54, 1.807) is 0 Å². The zero-order valence-electron chi connectivity index (χ0n) is 11.1. The third-order valence-corrected chi connectivity index (χ3v) is 3.53. The summed E-state index contributed by atoms with van der Waals surface area (Å²) in [5, 5.41) is 3.44. The molecule has 0 aliphatic carbocycles. The normalized spacial score (nSPS) is 12.8. The van der Waals surface area contributed by atoms with Gasteiger partial charge >= 0.3 is 0 Å². The van der Waals surface area contributed by atoms with Crippen molar-refractivity contribution in [1.82, 2.24) is 5.32 Å². The fourth-order valence-electron chi connectivity index (χ4n) is 1.41. The Labute approximate surface area is 113 Å². The predicted octanol–water partition coefficient (Wildman–Crippen LogP) is 3.77. The fraction of sp³-hybridized carbons (Fsp3) is 0.571. The second-order valence-corrected chi connectivity index (χ2v) is 5.62. The molecule has 0 aliphatic rings. The third kappa shape index (κ3) is 5.09. The minimum atomic E-state index is 0.528. The van der Waals surface area contributed by atoms with E-state index >= 15 is 0 Å². The van der Waals surface area contributed by atoms with Crippen molar-refractivity contribution < 1.29 is 4.74 Å². The lowest BCUT2D eigenvalue weighted by molar-refractivity contribution is 0.295. The molecule has 96 valence electrons. The van der Waals surface area contributed by atoms with Crippen LogP contribution in [0.25, 0.3) is 0 Å². The van der Waals surface area contributed by atoms with Crippen LogP contribution in [0.5, 0.6) is 5.75 Å². The molecule has 0 saturated carbocycles. The molecule has 1 unspecified atom stereocenters. The van der Waals surface area contributed by atoms with Crippen LogP contribution in [0.1, 0.15) is 26.3 Å². The number of nitrogens with one attached hydrogen (secondary N) is 1. The molecule has 0 amide bonds. The van der Waals surface area contributed by atoms with Crippen molar-refractivity contribution in [3.63, 3.8) is 0 Å². The van der Waals surface area contributed by atoms with Gasteiger partial charge in [0.05, 0.1) is 4.47 Å². The quantitative estimate of drug-likeness (QED) is 0.808. The highest BCUT2D eigenvalue weighted by molar-refractivity contribution is 9.10. The van der Waals surface area contributed by atoms with Gasteiger partial charge in [0.15, 0.2) is 0 Å². The zero-order chi connectivity index (χ0) is 12.8. The average molecular weight is 300 g/mol. The van der Waals surface area contributed by atoms with Crippen LogP contribution in [0.4, 0.5) is 0 Å². The number of hydrogen-bond donors (Lipinski definition) is 1. The first-order chi connectivity index (χ1) is 8.00. The molecule has 2 nitrogen and oxygen atoms in total. The molecule has 0 saturated heterocycles. The lowest BCUT2D eigenvalue weighted by Crippen LogP contribution is -2.33. The highest BCUT2D eigenvalue weighted by Gasteiger charge is 2.05. The number of rotatable bonds is 6. The Morgan fingerprint density at radius 3 is 2.59 bits per heavy atom. The van der Waals surface area contributed by atoms with E-state index in [9.17, 15) is 0 Å². The van der Waals surface area contributed by atoms with Gasteiger partial charge in [0, 0.05) is 12.6 Å². The summed E-state index contributed by atoms with van der Waals surface area (Å²) < 4.78 is 6.74. The molecule has 1 rings (SSSR count). The van der Waals surface area contributed by atoms with Gasteiger partial charge in [-0.15, -0.1) is 0 Å². The van der Waals surface area contributed by atoms with Crippen molar-refractivity contribution >= 4 is 15.9 Å². The van der Waals surface area contributed by atoms with E-state index < -0.39 is 0 Å². The molecular formula is C14H22BrNO. The van der Waals surface area contributed by atoms with Crippen LogP contribution in [0.15, 0.2) is 22.7 Å². The largest absolute Gasteiger partial charge is 0.491 e. The number of aryl methyl sites for hydroxylation is 1. The van der Waals surface area contributed by atoms with Crippen molar-refractivity contribution in [3.8, 4) is 5.75 Å². The van der Waals surface area contributed by atoms with Crippen LogP contribution in [-0.4, -0.2) is 19.2 Å². The minimum Gasteiger partial charge on any atom is -0.491 e. The molecule has 17 heavy (non-hydrogen) atoms. The highest BCUT2D eigenvalue weighted by atomic mass is 79.9. The van der Waals surface area contributed by atoms with E-state index in [4.69, 9.17) is 4.74 Å². The first-order valence-corrected chi connectivity index (χ1v) is 6.92. The summed E-state index contributed by atoms with van der Waals surface area (Å²) in [6, 6.07) is 6.66. The molecule has 0 spiro atoms. The van der Waals surface area contributed by atoms with Crippen LogP contribution >= 0.6 is 15.9 Å². The molecule has 1 atom stereocenters. The summed E-state index contributed by atoms with van der Waals surface area (Å²) in [5.74, 6) is 1.57. The fourth-order valence-corrected chi connectivity index (χ4v) is 2.01. The number of hydrogen-bond acceptors (Lipinski definition) is 2. The second kappa shape index (κ2) is 7.02. The standard InChI is InChI=1S/C14H22BrNO/c1-10(2)12(4)16-7-8-17-14-6-5-11(3)9-13(14)15/h5-6,9-10,12,16H,7-8H2,1-4H3. The summed E-state index contributed by atoms with van der Waals surface area (Å²) in [5.41, 5.74) is 1.23. The molecular weight excluding hydrogens is 278 g/mol. The Morgan fingerprint density at radius 1 is 1.29 bits per heavy atom. The number of halogens is 1. The van der Waals surface area contributed by atoms with E-state index in [1.165, 1.54) is 5.56 Å². The predicted molar refractivity (Wildman–Crippen MR) is 76.7 cm³/mol. The van der Waals surface area contributed by atoms with Crippen molar-refractivity contribution in [1.29, 1.82) is 0 Å². The van der Waals surface area contributed by atoms with Crippen LogP contribution in [0.3, 0.4) is 0 Å². The highest BCUT2D eigenvalue weighted by Crippen LogP contribution is 2.25. The molecule has 0 bridgehead atoms. The molecule has 0 heterocycles. The Morgan fingerprint density at radius 2 is 2.00 bits per heavy atom. The lowest BCUT2D eigenvalue weighted by Gasteiger charge is -2.17. The lowest BCUT2D eigenvalue weighted by atomic mass is 10.1. The first kappa shape index (κ1) is 14.5. The van der Waals surface area contributed by atoms with Crippen LogP contribution in [-0.2, 0) is 0 Å². The van der Waals surface area contributed by atoms with Gasteiger partial charge in [0.25, 0.3) is 0 Å². The maximum Gasteiger partial charge on any atom is 0.133 e. The van der Waals surface area contributed by atoms with Crippen molar-refractivity contribution in [2.45, 2.75) is 33.7 Å². The van der Waals surface area contributed by atoms with Gasteiger partial charge in [-0.2, -0.15) is 0 Å². The molecule has 0 radical (unpaired) electrons. The van der Waals surface area contributed by atoms with Crippen molar-refractivity contribution in [3.05, 3.63) is 28.2 Å². The zero-order valence-corrected chi connectivity index (χ0v) is 12.7. The van der Waals surface area contributed by atoms with Gasteiger partial charge in [0.1, 0.15) is 12.4 Å². The van der Waals surface area contributed by atoms with E-state index in [2.05, 4.69) is 61.1 Å². The van der Waals surface area contributed by atoms with Gasteiger partial charge in [-0.1, -0.05) is 19.9 Å². The van der Waals surface area contributed by atoms with Crippen LogP contribution in [0, 0.1) is 12.8 Å². The topological polar surface area (TPSA) is 21.3 Å². The SMILES string of the molecule is Cc1ccc(OCCNC(C)C(C)C)c(Br)c1. The minimum absolute atomic E-state index is 0.528.